The molecule has 0 spiro atoms. The molecule has 0 radical (unpaired) electrons. The minimum atomic E-state index is -0.390. The molecule has 1 aliphatic carbocycles. The molecule has 0 amide bonds. The van der Waals surface area contributed by atoms with Crippen molar-refractivity contribution in [3.05, 3.63) is 6.33 Å². The van der Waals surface area contributed by atoms with Crippen molar-refractivity contribution in [1.82, 2.24) is 14.7 Å². The van der Waals surface area contributed by atoms with Crippen LogP contribution in [-0.2, 0) is 0 Å². The molecular weight excluding hydrogens is 240 g/mol. The monoisotopic (exact) mass is 254 g/mol. The van der Waals surface area contributed by atoms with Crippen molar-refractivity contribution in [3.63, 3.8) is 0 Å². The predicted molar refractivity (Wildman–Crippen MR) is 65.4 cm³/mol. The summed E-state index contributed by atoms with van der Waals surface area (Å²) in [6, 6.07) is 2.94. The third-order valence-corrected chi connectivity index (χ3v) is 4.31. The first kappa shape index (κ1) is 11.8. The summed E-state index contributed by atoms with van der Waals surface area (Å²) in [6.45, 7) is 1.98. The lowest BCUT2D eigenvalue weighted by Crippen LogP contribution is -2.42. The molecule has 2 rings (SSSR count). The molecule has 1 aromatic rings. The van der Waals surface area contributed by atoms with Gasteiger partial charge < -0.3 is 0 Å². The molecule has 1 aliphatic rings. The summed E-state index contributed by atoms with van der Waals surface area (Å²) in [4.78, 5) is 4.10. The van der Waals surface area contributed by atoms with E-state index in [1.165, 1.54) is 24.4 Å². The van der Waals surface area contributed by atoms with E-state index < -0.39 is 5.54 Å². The first-order chi connectivity index (χ1) is 7.72. The van der Waals surface area contributed by atoms with Gasteiger partial charge >= 0.3 is 0 Å². The zero-order chi connectivity index (χ0) is 11.4. The van der Waals surface area contributed by atoms with Gasteiger partial charge in [-0.3, -0.25) is 5.32 Å². The highest BCUT2D eigenvalue weighted by molar-refractivity contribution is 8.00. The van der Waals surface area contributed by atoms with Crippen molar-refractivity contribution in [2.45, 2.75) is 42.1 Å². The Hall–Kier alpha value is -0.640. The smallest absolute Gasteiger partial charge is 0.169 e. The van der Waals surface area contributed by atoms with Gasteiger partial charge in [-0.05, 0) is 37.7 Å². The Balaban J connectivity index is 1.76. The minimum Gasteiger partial charge on any atom is -0.297 e. The molecule has 4 nitrogen and oxygen atoms in total. The molecule has 1 heterocycles. The average molecular weight is 254 g/mol. The maximum Gasteiger partial charge on any atom is 0.169 e. The molecule has 1 fully saturated rings. The van der Waals surface area contributed by atoms with E-state index in [2.05, 4.69) is 20.7 Å². The molecule has 86 valence electrons. The van der Waals surface area contributed by atoms with Crippen LogP contribution >= 0.6 is 23.3 Å². The van der Waals surface area contributed by atoms with Gasteiger partial charge in [0.25, 0.3) is 0 Å². The second-order valence-corrected chi connectivity index (χ2v) is 6.29. The Morgan fingerprint density at radius 2 is 2.56 bits per heavy atom. The van der Waals surface area contributed by atoms with Gasteiger partial charge in [0.2, 0.25) is 0 Å². The third kappa shape index (κ3) is 3.44. The highest BCUT2D eigenvalue weighted by Crippen LogP contribution is 2.26. The van der Waals surface area contributed by atoms with Crippen molar-refractivity contribution in [2.75, 3.05) is 5.75 Å². The number of nitriles is 1. The Bertz CT molecular complexity index is 369. The van der Waals surface area contributed by atoms with Crippen molar-refractivity contribution in [3.8, 4) is 6.07 Å². The molecule has 1 N–H and O–H groups in total. The van der Waals surface area contributed by atoms with Crippen LogP contribution in [0.2, 0.25) is 0 Å². The Morgan fingerprint density at radius 1 is 1.75 bits per heavy atom. The van der Waals surface area contributed by atoms with E-state index in [1.807, 2.05) is 6.92 Å². The van der Waals surface area contributed by atoms with E-state index in [0.717, 1.165) is 16.5 Å². The standard InChI is InChI=1S/C10H14N4S2/c1-10(6-11,14-8-2-3-8)4-5-15-9-12-7-13-16-9/h7-8,14H,2-5H2,1H3. The van der Waals surface area contributed by atoms with Gasteiger partial charge in [-0.15, -0.1) is 0 Å². The number of hydrogen-bond donors (Lipinski definition) is 1. The second-order valence-electron chi connectivity index (χ2n) is 4.17. The van der Waals surface area contributed by atoms with E-state index in [4.69, 9.17) is 0 Å². The number of rotatable bonds is 6. The molecular formula is C10H14N4S2. The van der Waals surface area contributed by atoms with Crippen LogP contribution in [-0.4, -0.2) is 26.7 Å². The van der Waals surface area contributed by atoms with Crippen molar-refractivity contribution in [2.24, 2.45) is 0 Å². The lowest BCUT2D eigenvalue weighted by Gasteiger charge is -2.22. The van der Waals surface area contributed by atoms with Crippen LogP contribution in [0.3, 0.4) is 0 Å². The van der Waals surface area contributed by atoms with Gasteiger partial charge in [-0.25, -0.2) is 4.98 Å². The highest BCUT2D eigenvalue weighted by atomic mass is 32.2. The Morgan fingerprint density at radius 3 is 3.12 bits per heavy atom. The molecule has 6 heteroatoms. The number of thioether (sulfide) groups is 1. The van der Waals surface area contributed by atoms with E-state index in [-0.39, 0.29) is 0 Å². The van der Waals surface area contributed by atoms with Crippen LogP contribution in [0, 0.1) is 11.3 Å². The van der Waals surface area contributed by atoms with Crippen molar-refractivity contribution < 1.29 is 0 Å². The summed E-state index contributed by atoms with van der Waals surface area (Å²) >= 11 is 3.08. The van der Waals surface area contributed by atoms with Gasteiger partial charge in [0.15, 0.2) is 4.34 Å². The third-order valence-electron chi connectivity index (χ3n) is 2.52. The molecule has 16 heavy (non-hydrogen) atoms. The Labute approximate surface area is 104 Å². The van der Waals surface area contributed by atoms with E-state index in [9.17, 15) is 5.26 Å². The van der Waals surface area contributed by atoms with Gasteiger partial charge in [0.1, 0.15) is 11.9 Å². The molecule has 1 atom stereocenters. The number of hydrogen-bond acceptors (Lipinski definition) is 6. The molecule has 0 bridgehead atoms. The quantitative estimate of drug-likeness (QED) is 0.787. The van der Waals surface area contributed by atoms with Crippen LogP contribution in [0.5, 0.6) is 0 Å². The maximum atomic E-state index is 9.17. The fourth-order valence-electron chi connectivity index (χ4n) is 1.41. The van der Waals surface area contributed by atoms with Crippen LogP contribution in [0.25, 0.3) is 0 Å². The topological polar surface area (TPSA) is 61.6 Å². The normalized spacial score (nSPS) is 19.0. The summed E-state index contributed by atoms with van der Waals surface area (Å²) in [5.41, 5.74) is -0.390. The molecule has 0 aliphatic heterocycles. The van der Waals surface area contributed by atoms with Gasteiger partial charge in [0, 0.05) is 11.8 Å². The SMILES string of the molecule is CC(C#N)(CCSc1ncns1)NC1CC1. The van der Waals surface area contributed by atoms with Crippen LogP contribution in [0.15, 0.2) is 10.7 Å². The number of nitrogens with one attached hydrogen (secondary N) is 1. The summed E-state index contributed by atoms with van der Waals surface area (Å²) in [5.74, 6) is 0.902. The zero-order valence-corrected chi connectivity index (χ0v) is 10.8. The van der Waals surface area contributed by atoms with E-state index in [1.54, 1.807) is 18.1 Å². The predicted octanol–water partition coefficient (Wildman–Crippen LogP) is 2.05. The molecule has 0 saturated heterocycles. The molecule has 0 aromatic carbocycles. The number of aromatic nitrogens is 2. The van der Waals surface area contributed by atoms with Gasteiger partial charge in [-0.2, -0.15) is 9.64 Å². The van der Waals surface area contributed by atoms with Crippen molar-refractivity contribution >= 4 is 23.3 Å². The summed E-state index contributed by atoms with van der Waals surface area (Å²) in [7, 11) is 0. The van der Waals surface area contributed by atoms with Crippen LogP contribution in [0.1, 0.15) is 26.2 Å². The summed E-state index contributed by atoms with van der Waals surface area (Å²) in [5, 5.41) is 12.6. The summed E-state index contributed by atoms with van der Waals surface area (Å²) < 4.78 is 4.92. The first-order valence-corrected chi connectivity index (χ1v) is 7.06. The molecule has 1 saturated carbocycles. The van der Waals surface area contributed by atoms with Crippen LogP contribution < -0.4 is 5.32 Å². The molecule has 1 unspecified atom stereocenters. The molecule has 1 aromatic heterocycles. The van der Waals surface area contributed by atoms with Gasteiger partial charge in [0.05, 0.1) is 6.07 Å². The maximum absolute atomic E-state index is 9.17. The van der Waals surface area contributed by atoms with Gasteiger partial charge in [-0.1, -0.05) is 11.8 Å². The fraction of sp³-hybridized carbons (Fsp3) is 0.700. The second kappa shape index (κ2) is 5.13. The summed E-state index contributed by atoms with van der Waals surface area (Å²) in [6.07, 6.45) is 4.82. The van der Waals surface area contributed by atoms with Crippen LogP contribution in [0.4, 0.5) is 0 Å². The van der Waals surface area contributed by atoms with Crippen molar-refractivity contribution in [1.29, 1.82) is 5.26 Å². The minimum absolute atomic E-state index is 0.390. The number of nitrogens with zero attached hydrogens (tertiary/aromatic N) is 3. The lowest BCUT2D eigenvalue weighted by atomic mass is 10.0. The average Bonchev–Trinajstić information content (AvgIpc) is 2.92. The highest BCUT2D eigenvalue weighted by Gasteiger charge is 2.32. The Kier molecular flexibility index (Phi) is 3.79. The lowest BCUT2D eigenvalue weighted by molar-refractivity contribution is 0.434. The fourth-order valence-corrected chi connectivity index (χ4v) is 3.08. The van der Waals surface area contributed by atoms with E-state index in [0.29, 0.717) is 6.04 Å². The zero-order valence-electron chi connectivity index (χ0n) is 9.14. The first-order valence-electron chi connectivity index (χ1n) is 5.30. The largest absolute Gasteiger partial charge is 0.297 e. The van der Waals surface area contributed by atoms with E-state index >= 15 is 0 Å².